The maximum Gasteiger partial charge on any atom is 0.254 e. The first kappa shape index (κ1) is 20.4. The van der Waals surface area contributed by atoms with Crippen LogP contribution in [0.25, 0.3) is 0 Å². The molecule has 0 N–H and O–H groups in total. The zero-order chi connectivity index (χ0) is 20.3. The number of thiazole rings is 1. The summed E-state index contributed by atoms with van der Waals surface area (Å²) in [7, 11) is 0. The van der Waals surface area contributed by atoms with Crippen molar-refractivity contribution in [3.8, 4) is 0 Å². The van der Waals surface area contributed by atoms with E-state index in [1.54, 1.807) is 35.8 Å². The third kappa shape index (κ3) is 4.56. The summed E-state index contributed by atoms with van der Waals surface area (Å²) in [6.07, 6.45) is 0. The highest BCUT2D eigenvalue weighted by Crippen LogP contribution is 2.22. The summed E-state index contributed by atoms with van der Waals surface area (Å²) in [5.41, 5.74) is 1.86. The van der Waals surface area contributed by atoms with Crippen molar-refractivity contribution < 1.29 is 14.0 Å². The van der Waals surface area contributed by atoms with E-state index in [1.165, 1.54) is 17.4 Å². The van der Waals surface area contributed by atoms with Gasteiger partial charge in [0, 0.05) is 57.1 Å². The van der Waals surface area contributed by atoms with Crippen LogP contribution in [-0.2, 0) is 11.3 Å². The van der Waals surface area contributed by atoms with Gasteiger partial charge in [-0.3, -0.25) is 19.4 Å². The molecule has 0 unspecified atom stereocenters. The quantitative estimate of drug-likeness (QED) is 0.769. The number of aromatic nitrogens is 1. The van der Waals surface area contributed by atoms with E-state index >= 15 is 0 Å². The van der Waals surface area contributed by atoms with Gasteiger partial charge >= 0.3 is 0 Å². The minimum Gasteiger partial charge on any atom is -0.336 e. The zero-order valence-corrected chi connectivity index (χ0v) is 17.3. The van der Waals surface area contributed by atoms with Gasteiger partial charge in [0.1, 0.15) is 5.82 Å². The number of anilines is 1. The smallest absolute Gasteiger partial charge is 0.254 e. The summed E-state index contributed by atoms with van der Waals surface area (Å²) in [4.78, 5) is 34.5. The highest BCUT2D eigenvalue weighted by atomic mass is 32.1. The number of piperazine rings is 1. The van der Waals surface area contributed by atoms with Gasteiger partial charge in [-0.1, -0.05) is 6.07 Å². The lowest BCUT2D eigenvalue weighted by molar-refractivity contribution is -0.116. The van der Waals surface area contributed by atoms with E-state index in [-0.39, 0.29) is 17.6 Å². The number of aryl methyl sites for hydroxylation is 1. The first-order valence-electron chi connectivity index (χ1n) is 9.39. The molecular formula is C20H25FN4O2S. The molecule has 0 atom stereocenters. The van der Waals surface area contributed by atoms with Crippen LogP contribution in [0.1, 0.15) is 35.5 Å². The Morgan fingerprint density at radius 3 is 2.57 bits per heavy atom. The number of carbonyl (C=O) groups excluding carboxylic acids is 2. The number of amides is 2. The number of nitrogens with zero attached hydrogens (tertiary/aromatic N) is 4. The van der Waals surface area contributed by atoms with E-state index in [1.807, 2.05) is 12.3 Å². The number of benzene rings is 1. The molecule has 1 aromatic heterocycles. The van der Waals surface area contributed by atoms with Crippen LogP contribution < -0.4 is 4.90 Å². The van der Waals surface area contributed by atoms with Gasteiger partial charge in [0.2, 0.25) is 5.91 Å². The predicted molar refractivity (Wildman–Crippen MR) is 108 cm³/mol. The fourth-order valence-corrected chi connectivity index (χ4v) is 4.16. The van der Waals surface area contributed by atoms with Crippen molar-refractivity contribution in [1.82, 2.24) is 14.8 Å². The van der Waals surface area contributed by atoms with Crippen LogP contribution in [0.5, 0.6) is 0 Å². The molecule has 1 fully saturated rings. The fraction of sp³-hybridized carbons (Fsp3) is 0.450. The summed E-state index contributed by atoms with van der Waals surface area (Å²) in [5, 5.41) is 2.70. The van der Waals surface area contributed by atoms with Crippen molar-refractivity contribution >= 4 is 28.3 Å². The Hall–Kier alpha value is -2.32. The molecular weight excluding hydrogens is 379 g/mol. The molecule has 0 saturated carbocycles. The lowest BCUT2D eigenvalue weighted by atomic mass is 10.1. The second-order valence-corrected chi connectivity index (χ2v) is 7.75. The number of hydrogen-bond donors (Lipinski definition) is 0. The second-order valence-electron chi connectivity index (χ2n) is 6.92. The van der Waals surface area contributed by atoms with Crippen LogP contribution in [0, 0.1) is 12.7 Å². The molecule has 0 bridgehead atoms. The lowest BCUT2D eigenvalue weighted by Crippen LogP contribution is -2.48. The largest absolute Gasteiger partial charge is 0.336 e. The van der Waals surface area contributed by atoms with Crippen molar-refractivity contribution in [2.24, 2.45) is 0 Å². The van der Waals surface area contributed by atoms with Crippen LogP contribution in [0.3, 0.4) is 0 Å². The van der Waals surface area contributed by atoms with Gasteiger partial charge in [-0.25, -0.2) is 9.37 Å². The summed E-state index contributed by atoms with van der Waals surface area (Å²) < 4.78 is 13.7. The molecule has 2 heterocycles. The maximum absolute atomic E-state index is 13.7. The third-order valence-corrected chi connectivity index (χ3v) is 5.84. The summed E-state index contributed by atoms with van der Waals surface area (Å²) >= 11 is 1.47. The first-order valence-corrected chi connectivity index (χ1v) is 10.3. The lowest BCUT2D eigenvalue weighted by Gasteiger charge is -2.34. The molecule has 0 radical (unpaired) electrons. The normalized spacial score (nSPS) is 14.9. The summed E-state index contributed by atoms with van der Waals surface area (Å²) in [6.45, 7) is 9.10. The molecule has 3 rings (SSSR count). The fourth-order valence-electron chi connectivity index (χ4n) is 3.23. The SMILES string of the molecule is CCN(C(C)=O)c1nc(CN2CCN(C(=O)c3ccc(C)c(F)c3)CC2)cs1. The van der Waals surface area contributed by atoms with E-state index in [9.17, 15) is 14.0 Å². The number of rotatable bonds is 5. The molecule has 2 amide bonds. The predicted octanol–water partition coefficient (Wildman–Crippen LogP) is 2.92. The van der Waals surface area contributed by atoms with Crippen LogP contribution in [0.2, 0.25) is 0 Å². The molecule has 150 valence electrons. The van der Waals surface area contributed by atoms with Gasteiger partial charge < -0.3 is 4.90 Å². The Labute approximate surface area is 168 Å². The first-order chi connectivity index (χ1) is 13.4. The second kappa shape index (κ2) is 8.79. The van der Waals surface area contributed by atoms with E-state index in [2.05, 4.69) is 9.88 Å². The van der Waals surface area contributed by atoms with Gasteiger partial charge in [0.15, 0.2) is 5.13 Å². The van der Waals surface area contributed by atoms with E-state index < -0.39 is 0 Å². The molecule has 6 nitrogen and oxygen atoms in total. The Kier molecular flexibility index (Phi) is 6.41. The van der Waals surface area contributed by atoms with Gasteiger partial charge in [0.05, 0.1) is 5.69 Å². The molecule has 0 spiro atoms. The summed E-state index contributed by atoms with van der Waals surface area (Å²) in [5.74, 6) is -0.492. The maximum atomic E-state index is 13.7. The van der Waals surface area contributed by atoms with Gasteiger partial charge in [0.25, 0.3) is 5.91 Å². The molecule has 1 aliphatic rings. The van der Waals surface area contributed by atoms with Crippen LogP contribution in [0.4, 0.5) is 9.52 Å². The van der Waals surface area contributed by atoms with E-state index in [4.69, 9.17) is 0 Å². The van der Waals surface area contributed by atoms with E-state index in [0.29, 0.717) is 37.3 Å². The number of halogens is 1. The highest BCUT2D eigenvalue weighted by Gasteiger charge is 2.23. The Morgan fingerprint density at radius 1 is 1.25 bits per heavy atom. The number of carbonyl (C=O) groups is 2. The van der Waals surface area contributed by atoms with Crippen LogP contribution >= 0.6 is 11.3 Å². The van der Waals surface area contributed by atoms with Crippen molar-refractivity contribution in [1.29, 1.82) is 0 Å². The van der Waals surface area contributed by atoms with Crippen LogP contribution in [-0.4, -0.2) is 59.3 Å². The third-order valence-electron chi connectivity index (χ3n) is 4.93. The minimum atomic E-state index is -0.351. The minimum absolute atomic E-state index is 0.0110. The zero-order valence-electron chi connectivity index (χ0n) is 16.4. The van der Waals surface area contributed by atoms with Crippen molar-refractivity contribution in [2.45, 2.75) is 27.3 Å². The Balaban J connectivity index is 1.55. The van der Waals surface area contributed by atoms with Gasteiger partial charge in [-0.05, 0) is 31.5 Å². The van der Waals surface area contributed by atoms with Crippen molar-refractivity contribution in [3.63, 3.8) is 0 Å². The molecule has 1 saturated heterocycles. The summed E-state index contributed by atoms with van der Waals surface area (Å²) in [6, 6.07) is 4.63. The molecule has 2 aromatic rings. The number of hydrogen-bond acceptors (Lipinski definition) is 5. The van der Waals surface area contributed by atoms with E-state index in [0.717, 1.165) is 23.9 Å². The average Bonchev–Trinajstić information content (AvgIpc) is 3.12. The monoisotopic (exact) mass is 404 g/mol. The van der Waals surface area contributed by atoms with Crippen molar-refractivity contribution in [3.05, 3.63) is 46.2 Å². The molecule has 1 aromatic carbocycles. The molecule has 8 heteroatoms. The highest BCUT2D eigenvalue weighted by molar-refractivity contribution is 7.14. The molecule has 0 aliphatic carbocycles. The van der Waals surface area contributed by atoms with Gasteiger partial charge in [-0.2, -0.15) is 0 Å². The Bertz CT molecular complexity index is 862. The molecule has 28 heavy (non-hydrogen) atoms. The Morgan fingerprint density at radius 2 is 1.96 bits per heavy atom. The standard InChI is InChI=1S/C20H25FN4O2S/c1-4-25(15(3)26)20-22-17(13-28-20)12-23-7-9-24(10-8-23)19(27)16-6-5-14(2)18(21)11-16/h5-6,11,13H,4,7-10,12H2,1-3H3. The topological polar surface area (TPSA) is 56.8 Å². The van der Waals surface area contributed by atoms with Gasteiger partial charge in [-0.15, -0.1) is 11.3 Å². The molecule has 1 aliphatic heterocycles. The van der Waals surface area contributed by atoms with Crippen molar-refractivity contribution in [2.75, 3.05) is 37.6 Å². The average molecular weight is 405 g/mol. The van der Waals surface area contributed by atoms with Crippen LogP contribution in [0.15, 0.2) is 23.6 Å².